The minimum atomic E-state index is -0.262. The molecule has 19 heavy (non-hydrogen) atoms. The topological polar surface area (TPSA) is 55.1 Å². The van der Waals surface area contributed by atoms with E-state index < -0.39 is 0 Å². The Hall–Kier alpha value is -1.06. The van der Waals surface area contributed by atoms with Crippen LogP contribution in [-0.2, 0) is 11.2 Å². The van der Waals surface area contributed by atoms with E-state index in [4.69, 9.17) is 5.73 Å². The van der Waals surface area contributed by atoms with Crippen molar-refractivity contribution >= 4 is 18.3 Å². The van der Waals surface area contributed by atoms with Crippen molar-refractivity contribution in [3.8, 4) is 0 Å². The third kappa shape index (κ3) is 6.60. The molecule has 1 amide bonds. The highest BCUT2D eigenvalue weighted by Crippen LogP contribution is 2.09. The van der Waals surface area contributed by atoms with Crippen LogP contribution in [0.4, 0.5) is 0 Å². The van der Waals surface area contributed by atoms with Gasteiger partial charge in [-0.1, -0.05) is 44.2 Å². The van der Waals surface area contributed by atoms with E-state index in [2.05, 4.69) is 19.2 Å². The zero-order valence-electron chi connectivity index (χ0n) is 11.8. The van der Waals surface area contributed by atoms with Crippen LogP contribution in [0.1, 0.15) is 38.7 Å². The normalized spacial score (nSPS) is 10.7. The Morgan fingerprint density at radius 2 is 1.79 bits per heavy atom. The van der Waals surface area contributed by atoms with Crippen molar-refractivity contribution in [1.29, 1.82) is 0 Å². The first-order chi connectivity index (χ1) is 8.59. The molecule has 0 fully saturated rings. The second kappa shape index (κ2) is 8.94. The number of nitrogens with two attached hydrogens (primary N) is 1. The molecule has 1 aromatic rings. The Labute approximate surface area is 122 Å². The summed E-state index contributed by atoms with van der Waals surface area (Å²) in [6, 6.07) is 10.0. The third-order valence-corrected chi connectivity index (χ3v) is 3.53. The van der Waals surface area contributed by atoms with Crippen molar-refractivity contribution in [3.05, 3.63) is 35.9 Å². The highest BCUT2D eigenvalue weighted by molar-refractivity contribution is 5.85. The molecule has 4 heteroatoms. The minimum absolute atomic E-state index is 0. The van der Waals surface area contributed by atoms with Gasteiger partial charge in [-0.2, -0.15) is 0 Å². The number of benzene rings is 1. The molecule has 0 atom stereocenters. The first-order valence-electron chi connectivity index (χ1n) is 6.69. The van der Waals surface area contributed by atoms with E-state index in [9.17, 15) is 4.79 Å². The van der Waals surface area contributed by atoms with Gasteiger partial charge in [0.05, 0.1) is 0 Å². The van der Waals surface area contributed by atoms with Gasteiger partial charge < -0.3 is 11.1 Å². The molecule has 0 saturated heterocycles. The van der Waals surface area contributed by atoms with Crippen molar-refractivity contribution in [2.24, 2.45) is 5.73 Å². The summed E-state index contributed by atoms with van der Waals surface area (Å²) >= 11 is 0. The van der Waals surface area contributed by atoms with Gasteiger partial charge in [0, 0.05) is 18.5 Å². The molecule has 1 aromatic carbocycles. The van der Waals surface area contributed by atoms with Gasteiger partial charge in [-0.3, -0.25) is 4.79 Å². The van der Waals surface area contributed by atoms with E-state index in [1.165, 1.54) is 5.56 Å². The van der Waals surface area contributed by atoms with E-state index >= 15 is 0 Å². The fourth-order valence-corrected chi connectivity index (χ4v) is 1.77. The van der Waals surface area contributed by atoms with Gasteiger partial charge >= 0.3 is 0 Å². The zero-order chi connectivity index (χ0) is 13.4. The molecule has 0 radical (unpaired) electrons. The third-order valence-electron chi connectivity index (χ3n) is 3.53. The monoisotopic (exact) mass is 284 g/mol. The molecule has 0 saturated carbocycles. The summed E-state index contributed by atoms with van der Waals surface area (Å²) in [7, 11) is 0. The van der Waals surface area contributed by atoms with Gasteiger partial charge in [-0.25, -0.2) is 0 Å². The van der Waals surface area contributed by atoms with Crippen LogP contribution in [0.5, 0.6) is 0 Å². The number of amides is 1. The molecule has 0 aromatic heterocycles. The van der Waals surface area contributed by atoms with Crippen LogP contribution >= 0.6 is 12.4 Å². The number of aryl methyl sites for hydroxylation is 1. The number of nitrogens with one attached hydrogen (secondary N) is 1. The predicted octanol–water partition coefficient (Wildman–Crippen LogP) is 2.67. The Morgan fingerprint density at radius 3 is 2.32 bits per heavy atom. The van der Waals surface area contributed by atoms with E-state index in [-0.39, 0.29) is 23.9 Å². The molecule has 3 nitrogen and oxygen atoms in total. The molecule has 0 aliphatic carbocycles. The van der Waals surface area contributed by atoms with Gasteiger partial charge in [-0.05, 0) is 24.8 Å². The predicted molar refractivity (Wildman–Crippen MR) is 82.5 cm³/mol. The van der Waals surface area contributed by atoms with Gasteiger partial charge in [0.2, 0.25) is 5.91 Å². The molecular weight excluding hydrogens is 260 g/mol. The molecule has 108 valence electrons. The lowest BCUT2D eigenvalue weighted by molar-refractivity contribution is -0.121. The van der Waals surface area contributed by atoms with Crippen LogP contribution in [0, 0.1) is 0 Å². The van der Waals surface area contributed by atoms with Gasteiger partial charge in [0.15, 0.2) is 0 Å². The number of rotatable bonds is 7. The summed E-state index contributed by atoms with van der Waals surface area (Å²) in [4.78, 5) is 11.7. The summed E-state index contributed by atoms with van der Waals surface area (Å²) in [5.74, 6) is 0.0792. The fourth-order valence-electron chi connectivity index (χ4n) is 1.77. The smallest absolute Gasteiger partial charge is 0.220 e. The number of carbonyl (C=O) groups is 1. The molecule has 3 N–H and O–H groups in total. The lowest BCUT2D eigenvalue weighted by Gasteiger charge is -2.26. The molecule has 0 bridgehead atoms. The average Bonchev–Trinajstić information content (AvgIpc) is 2.43. The van der Waals surface area contributed by atoms with Crippen molar-refractivity contribution in [2.45, 2.75) is 45.1 Å². The summed E-state index contributed by atoms with van der Waals surface area (Å²) in [6.45, 7) is 4.67. The first kappa shape index (κ1) is 17.9. The zero-order valence-corrected chi connectivity index (χ0v) is 12.6. The SMILES string of the molecule is CCC(N)(CC)CNC(=O)CCc1ccccc1.Cl. The van der Waals surface area contributed by atoms with Crippen LogP contribution in [0.15, 0.2) is 30.3 Å². The van der Waals surface area contributed by atoms with E-state index in [0.717, 1.165) is 19.3 Å². The molecule has 1 rings (SSSR count). The van der Waals surface area contributed by atoms with Crippen molar-refractivity contribution < 1.29 is 4.79 Å². The van der Waals surface area contributed by atoms with Gasteiger partial charge in [0.25, 0.3) is 0 Å². The maximum Gasteiger partial charge on any atom is 0.220 e. The minimum Gasteiger partial charge on any atom is -0.354 e. The maximum atomic E-state index is 11.7. The molecule has 0 unspecified atom stereocenters. The molecule has 0 heterocycles. The van der Waals surface area contributed by atoms with Crippen LogP contribution in [-0.4, -0.2) is 18.0 Å². The lowest BCUT2D eigenvalue weighted by atomic mass is 9.94. The highest BCUT2D eigenvalue weighted by atomic mass is 35.5. The van der Waals surface area contributed by atoms with Gasteiger partial charge in [-0.15, -0.1) is 12.4 Å². The van der Waals surface area contributed by atoms with Crippen LogP contribution in [0.2, 0.25) is 0 Å². The van der Waals surface area contributed by atoms with Crippen molar-refractivity contribution in [3.63, 3.8) is 0 Å². The molecule has 0 aliphatic rings. The first-order valence-corrected chi connectivity index (χ1v) is 6.69. The summed E-state index contributed by atoms with van der Waals surface area (Å²) in [6.07, 6.45) is 3.06. The number of hydrogen-bond donors (Lipinski definition) is 2. The van der Waals surface area contributed by atoms with Crippen molar-refractivity contribution in [2.75, 3.05) is 6.54 Å². The summed E-state index contributed by atoms with van der Waals surface area (Å²) in [5.41, 5.74) is 7.07. The number of halogens is 1. The standard InChI is InChI=1S/C15H24N2O.ClH/c1-3-15(16,4-2)12-17-14(18)11-10-13-8-6-5-7-9-13;/h5-9H,3-4,10-12,16H2,1-2H3,(H,17,18);1H. The largest absolute Gasteiger partial charge is 0.354 e. The average molecular weight is 285 g/mol. The Kier molecular flexibility index (Phi) is 8.44. The van der Waals surface area contributed by atoms with E-state index in [0.29, 0.717) is 13.0 Å². The number of carbonyl (C=O) groups excluding carboxylic acids is 1. The van der Waals surface area contributed by atoms with E-state index in [1.807, 2.05) is 30.3 Å². The van der Waals surface area contributed by atoms with Crippen LogP contribution in [0.3, 0.4) is 0 Å². The molecule has 0 spiro atoms. The van der Waals surface area contributed by atoms with Crippen LogP contribution < -0.4 is 11.1 Å². The Morgan fingerprint density at radius 1 is 1.21 bits per heavy atom. The fraction of sp³-hybridized carbons (Fsp3) is 0.533. The molecule has 0 aliphatic heterocycles. The number of hydrogen-bond acceptors (Lipinski definition) is 2. The molecular formula is C15H25ClN2O. The van der Waals surface area contributed by atoms with E-state index in [1.54, 1.807) is 0 Å². The Balaban J connectivity index is 0.00000324. The second-order valence-corrected chi connectivity index (χ2v) is 4.83. The van der Waals surface area contributed by atoms with Crippen molar-refractivity contribution in [1.82, 2.24) is 5.32 Å². The maximum absolute atomic E-state index is 11.7. The summed E-state index contributed by atoms with van der Waals surface area (Å²) in [5, 5.41) is 2.93. The van der Waals surface area contributed by atoms with Crippen LogP contribution in [0.25, 0.3) is 0 Å². The van der Waals surface area contributed by atoms with Gasteiger partial charge in [0.1, 0.15) is 0 Å². The quantitative estimate of drug-likeness (QED) is 0.809. The summed E-state index contributed by atoms with van der Waals surface area (Å²) < 4.78 is 0. The highest BCUT2D eigenvalue weighted by Gasteiger charge is 2.20. The second-order valence-electron chi connectivity index (χ2n) is 4.83. The lowest BCUT2D eigenvalue weighted by Crippen LogP contribution is -2.49. The Bertz CT molecular complexity index is 364.